The van der Waals surface area contributed by atoms with Gasteiger partial charge in [0.2, 0.25) is 21.8 Å². The second-order valence-corrected chi connectivity index (χ2v) is 12.8. The molecular weight excluding hydrogens is 545 g/mol. The summed E-state index contributed by atoms with van der Waals surface area (Å²) in [5.74, 6) is -0.744. The Balaban J connectivity index is 2.01. The molecule has 0 radical (unpaired) electrons. The molecule has 0 saturated heterocycles. The minimum absolute atomic E-state index is 0.0304. The summed E-state index contributed by atoms with van der Waals surface area (Å²) in [6.07, 6.45) is 5.33. The van der Waals surface area contributed by atoms with Crippen LogP contribution in [0.25, 0.3) is 0 Å². The van der Waals surface area contributed by atoms with Crippen LogP contribution in [-0.4, -0.2) is 50.0 Å². The molecular formula is C28H37Cl2N3O4S. The first-order chi connectivity index (χ1) is 17.9. The molecule has 0 spiro atoms. The molecule has 0 aliphatic heterocycles. The van der Waals surface area contributed by atoms with Crippen LogP contribution in [-0.2, 0) is 26.2 Å². The lowest BCUT2D eigenvalue weighted by Gasteiger charge is -2.34. The molecule has 10 heteroatoms. The van der Waals surface area contributed by atoms with Gasteiger partial charge in [0.1, 0.15) is 12.6 Å². The SMILES string of the molecule is CCC(C(=O)NC1CCCC1)N(Cc1c(Cl)cccc1Cl)C(=O)CN(c1ccccc1C(C)C)S(C)(=O)=O. The molecule has 2 aromatic rings. The normalized spacial score (nSPS) is 14.9. The largest absolute Gasteiger partial charge is 0.352 e. The van der Waals surface area contributed by atoms with E-state index in [1.807, 2.05) is 32.9 Å². The van der Waals surface area contributed by atoms with Gasteiger partial charge >= 0.3 is 0 Å². The van der Waals surface area contributed by atoms with E-state index in [2.05, 4.69) is 5.32 Å². The molecule has 7 nitrogen and oxygen atoms in total. The van der Waals surface area contributed by atoms with E-state index in [-0.39, 0.29) is 24.4 Å². The Kier molecular flexibility index (Phi) is 10.5. The molecule has 1 saturated carbocycles. The van der Waals surface area contributed by atoms with E-state index in [1.165, 1.54) is 4.90 Å². The lowest BCUT2D eigenvalue weighted by molar-refractivity contribution is -0.140. The van der Waals surface area contributed by atoms with Gasteiger partial charge in [0.05, 0.1) is 11.9 Å². The van der Waals surface area contributed by atoms with Gasteiger partial charge in [-0.15, -0.1) is 0 Å². The molecule has 1 atom stereocenters. The third kappa shape index (κ3) is 7.42. The van der Waals surface area contributed by atoms with E-state index in [0.717, 1.165) is 41.8 Å². The minimum Gasteiger partial charge on any atom is -0.352 e. The number of hydrogen-bond acceptors (Lipinski definition) is 4. The maximum atomic E-state index is 14.0. The fourth-order valence-corrected chi connectivity index (χ4v) is 6.32. The summed E-state index contributed by atoms with van der Waals surface area (Å²) in [5.41, 5.74) is 1.75. The number of carbonyl (C=O) groups excluding carboxylic acids is 2. The van der Waals surface area contributed by atoms with E-state index in [4.69, 9.17) is 23.2 Å². The van der Waals surface area contributed by atoms with Gasteiger partial charge in [0.25, 0.3) is 0 Å². The van der Waals surface area contributed by atoms with Crippen LogP contribution < -0.4 is 9.62 Å². The molecule has 0 aromatic heterocycles. The molecule has 38 heavy (non-hydrogen) atoms. The van der Waals surface area contributed by atoms with E-state index < -0.39 is 28.5 Å². The van der Waals surface area contributed by atoms with Crippen LogP contribution in [0.15, 0.2) is 42.5 Å². The Morgan fingerprint density at radius 1 is 1.03 bits per heavy atom. The van der Waals surface area contributed by atoms with E-state index in [9.17, 15) is 18.0 Å². The second-order valence-electron chi connectivity index (χ2n) is 10.1. The molecule has 1 unspecified atom stereocenters. The van der Waals surface area contributed by atoms with E-state index >= 15 is 0 Å². The highest BCUT2D eigenvalue weighted by Gasteiger charge is 2.34. The highest BCUT2D eigenvalue weighted by Crippen LogP contribution is 2.31. The van der Waals surface area contributed by atoms with Crippen LogP contribution in [0.3, 0.4) is 0 Å². The second kappa shape index (κ2) is 13.2. The predicted molar refractivity (Wildman–Crippen MR) is 154 cm³/mol. The lowest BCUT2D eigenvalue weighted by atomic mass is 10.0. The Labute approximate surface area is 236 Å². The molecule has 2 aromatic carbocycles. The zero-order chi connectivity index (χ0) is 28.0. The zero-order valence-corrected chi connectivity index (χ0v) is 24.7. The number of benzene rings is 2. The molecule has 0 bridgehead atoms. The Morgan fingerprint density at radius 3 is 2.18 bits per heavy atom. The molecule has 2 amide bonds. The molecule has 3 rings (SSSR count). The summed E-state index contributed by atoms with van der Waals surface area (Å²) < 4.78 is 27.1. The van der Waals surface area contributed by atoms with Crippen LogP contribution in [0, 0.1) is 0 Å². The van der Waals surface area contributed by atoms with Crippen molar-refractivity contribution in [1.82, 2.24) is 10.2 Å². The summed E-state index contributed by atoms with van der Waals surface area (Å²) in [5, 5.41) is 3.82. The number of carbonyl (C=O) groups is 2. The number of halogens is 2. The van der Waals surface area contributed by atoms with E-state index in [0.29, 0.717) is 27.7 Å². The van der Waals surface area contributed by atoms with Crippen LogP contribution >= 0.6 is 23.2 Å². The highest BCUT2D eigenvalue weighted by molar-refractivity contribution is 7.92. The molecule has 208 valence electrons. The molecule has 0 heterocycles. The summed E-state index contributed by atoms with van der Waals surface area (Å²) in [6, 6.07) is 11.4. The van der Waals surface area contributed by atoms with Crippen LogP contribution in [0.4, 0.5) is 5.69 Å². The first kappa shape index (κ1) is 30.3. The predicted octanol–water partition coefficient (Wildman–Crippen LogP) is 5.75. The average Bonchev–Trinajstić information content (AvgIpc) is 3.36. The number of amides is 2. The zero-order valence-electron chi connectivity index (χ0n) is 22.4. The van der Waals surface area contributed by atoms with Crippen molar-refractivity contribution in [3.05, 3.63) is 63.6 Å². The van der Waals surface area contributed by atoms with Crippen molar-refractivity contribution in [2.24, 2.45) is 0 Å². The minimum atomic E-state index is -3.83. The number of nitrogens with zero attached hydrogens (tertiary/aromatic N) is 2. The highest BCUT2D eigenvalue weighted by atomic mass is 35.5. The van der Waals surface area contributed by atoms with Crippen molar-refractivity contribution in [1.29, 1.82) is 0 Å². The fourth-order valence-electron chi connectivity index (χ4n) is 4.94. The summed E-state index contributed by atoms with van der Waals surface area (Å²) >= 11 is 12.9. The standard InChI is InChI=1S/C28H37Cl2N3O4S/c1-5-25(28(35)31-20-11-6-7-12-20)32(17-22-23(29)14-10-15-24(22)30)27(34)18-33(38(4,36)37)26-16-9-8-13-21(26)19(2)3/h8-10,13-16,19-20,25H,5-7,11-12,17-18H2,1-4H3,(H,31,35). The number of para-hydroxylation sites is 1. The van der Waals surface area contributed by atoms with Crippen molar-refractivity contribution >= 4 is 50.7 Å². The Hall–Kier alpha value is -2.29. The molecule has 1 aliphatic carbocycles. The maximum Gasteiger partial charge on any atom is 0.244 e. The van der Waals surface area contributed by atoms with Gasteiger partial charge in [0, 0.05) is 28.2 Å². The van der Waals surface area contributed by atoms with Gasteiger partial charge in [0.15, 0.2) is 0 Å². The summed E-state index contributed by atoms with van der Waals surface area (Å²) in [4.78, 5) is 28.8. The molecule has 1 N–H and O–H groups in total. The van der Waals surface area contributed by atoms with Crippen molar-refractivity contribution < 1.29 is 18.0 Å². The molecule has 1 aliphatic rings. The van der Waals surface area contributed by atoms with Crippen LogP contribution in [0.5, 0.6) is 0 Å². The van der Waals surface area contributed by atoms with E-state index in [1.54, 1.807) is 30.3 Å². The fraction of sp³-hybridized carbons (Fsp3) is 0.500. The maximum absolute atomic E-state index is 14.0. The number of nitrogens with one attached hydrogen (secondary N) is 1. The monoisotopic (exact) mass is 581 g/mol. The molecule has 1 fully saturated rings. The summed E-state index contributed by atoms with van der Waals surface area (Å²) in [7, 11) is -3.83. The number of rotatable bonds is 11. The van der Waals surface area contributed by atoms with Crippen LogP contribution in [0.1, 0.15) is 69.9 Å². The number of sulfonamides is 1. The number of hydrogen-bond donors (Lipinski definition) is 1. The van der Waals surface area contributed by atoms with Gasteiger partial charge in [-0.25, -0.2) is 8.42 Å². The third-order valence-corrected chi connectivity index (χ3v) is 8.82. The van der Waals surface area contributed by atoms with Gasteiger partial charge in [-0.3, -0.25) is 13.9 Å². The van der Waals surface area contributed by atoms with Gasteiger partial charge < -0.3 is 10.2 Å². The Morgan fingerprint density at radius 2 is 1.63 bits per heavy atom. The quantitative estimate of drug-likeness (QED) is 0.366. The third-order valence-electron chi connectivity index (χ3n) is 6.98. The van der Waals surface area contributed by atoms with Crippen molar-refractivity contribution in [3.63, 3.8) is 0 Å². The van der Waals surface area contributed by atoms with Crippen molar-refractivity contribution in [2.75, 3.05) is 17.1 Å². The average molecular weight is 583 g/mol. The topological polar surface area (TPSA) is 86.8 Å². The van der Waals surface area contributed by atoms with Crippen LogP contribution in [0.2, 0.25) is 10.0 Å². The van der Waals surface area contributed by atoms with Crippen molar-refractivity contribution in [3.8, 4) is 0 Å². The first-order valence-corrected chi connectivity index (χ1v) is 15.6. The smallest absolute Gasteiger partial charge is 0.244 e. The van der Waals surface area contributed by atoms with Crippen molar-refractivity contribution in [2.45, 2.75) is 77.4 Å². The van der Waals surface area contributed by atoms with Gasteiger partial charge in [-0.2, -0.15) is 0 Å². The van der Waals surface area contributed by atoms with Gasteiger partial charge in [-0.1, -0.05) is 81.1 Å². The lowest BCUT2D eigenvalue weighted by Crippen LogP contribution is -2.53. The number of anilines is 1. The van der Waals surface area contributed by atoms with Gasteiger partial charge in [-0.05, 0) is 48.9 Å². The first-order valence-electron chi connectivity index (χ1n) is 13.0. The Bertz CT molecular complexity index is 1230. The summed E-state index contributed by atoms with van der Waals surface area (Å²) in [6.45, 7) is 5.27.